The van der Waals surface area contributed by atoms with Crippen LogP contribution in [0.15, 0.2) is 55.6 Å². The van der Waals surface area contributed by atoms with Gasteiger partial charge in [-0.2, -0.15) is 0 Å². The summed E-state index contributed by atoms with van der Waals surface area (Å²) < 4.78 is 17.6. The third-order valence-electron chi connectivity index (χ3n) is 10.9. The van der Waals surface area contributed by atoms with Crippen molar-refractivity contribution >= 4 is 35.6 Å². The van der Waals surface area contributed by atoms with Crippen LogP contribution in [0.4, 0.5) is 4.79 Å². The molecule has 322 valence electrons. The lowest BCUT2D eigenvalue weighted by Crippen LogP contribution is -2.62. The molecule has 1 saturated heterocycles. The summed E-state index contributed by atoms with van der Waals surface area (Å²) in [7, 11) is 1.59. The number of carbonyl (C=O) groups is 6. The number of ether oxygens (including phenoxy) is 3. The minimum atomic E-state index is -1.51. The highest BCUT2D eigenvalue weighted by molar-refractivity contribution is 5.96. The summed E-state index contributed by atoms with van der Waals surface area (Å²) in [6.07, 6.45) is 7.57. The van der Waals surface area contributed by atoms with Gasteiger partial charge in [-0.15, -0.1) is 13.2 Å². The zero-order valence-electron chi connectivity index (χ0n) is 34.8. The number of rotatable bonds is 15. The molecule has 3 rings (SSSR count). The van der Waals surface area contributed by atoms with E-state index in [-0.39, 0.29) is 25.0 Å². The van der Waals surface area contributed by atoms with E-state index in [1.807, 2.05) is 37.3 Å². The van der Waals surface area contributed by atoms with Gasteiger partial charge in [0.05, 0.1) is 31.3 Å². The van der Waals surface area contributed by atoms with E-state index in [1.54, 1.807) is 33.0 Å². The number of benzene rings is 1. The number of nitrogens with one attached hydrogen (secondary N) is 4. The van der Waals surface area contributed by atoms with Crippen LogP contribution in [-0.4, -0.2) is 103 Å². The summed E-state index contributed by atoms with van der Waals surface area (Å²) in [5.41, 5.74) is 6.12. The highest BCUT2D eigenvalue weighted by atomic mass is 16.5. The number of primary amides is 1. The van der Waals surface area contributed by atoms with Crippen molar-refractivity contribution in [2.24, 2.45) is 17.6 Å². The van der Waals surface area contributed by atoms with Crippen molar-refractivity contribution in [3.63, 3.8) is 0 Å². The summed E-state index contributed by atoms with van der Waals surface area (Å²) in [4.78, 5) is 84.5. The fourth-order valence-corrected chi connectivity index (χ4v) is 7.55. The third-order valence-corrected chi connectivity index (χ3v) is 10.9. The van der Waals surface area contributed by atoms with Crippen LogP contribution in [0, 0.1) is 11.8 Å². The summed E-state index contributed by atoms with van der Waals surface area (Å²) in [5.74, 6) is -3.86. The van der Waals surface area contributed by atoms with E-state index in [9.17, 15) is 28.8 Å². The van der Waals surface area contributed by atoms with Crippen LogP contribution in [0.3, 0.4) is 0 Å². The lowest BCUT2D eigenvalue weighted by atomic mass is 9.83. The maximum atomic E-state index is 14.5. The number of carbonyl (C=O) groups excluding carboxylic acids is 6. The number of hydrogen-bond acceptors (Lipinski definition) is 9. The molecule has 15 heteroatoms. The molecule has 0 bridgehead atoms. The monoisotopic (exact) mass is 810 g/mol. The van der Waals surface area contributed by atoms with Gasteiger partial charge >= 0.3 is 6.09 Å². The minimum Gasteiger partial charge on any atom is -0.447 e. The first-order valence-electron chi connectivity index (χ1n) is 20.7. The van der Waals surface area contributed by atoms with Crippen molar-refractivity contribution in [2.75, 3.05) is 20.3 Å². The summed E-state index contributed by atoms with van der Waals surface area (Å²) in [5, 5.41) is 11.3. The molecule has 1 heterocycles. The normalized spacial score (nSPS) is 26.7. The van der Waals surface area contributed by atoms with Gasteiger partial charge < -0.3 is 46.1 Å². The molecule has 2 aliphatic rings. The molecule has 8 atom stereocenters. The van der Waals surface area contributed by atoms with Crippen molar-refractivity contribution in [3.05, 3.63) is 61.2 Å². The van der Waals surface area contributed by atoms with E-state index < -0.39 is 84.7 Å². The quantitative estimate of drug-likeness (QED) is 0.163. The molecule has 1 saturated carbocycles. The van der Waals surface area contributed by atoms with Crippen molar-refractivity contribution in [2.45, 2.75) is 140 Å². The first kappa shape index (κ1) is 47.6. The van der Waals surface area contributed by atoms with Crippen LogP contribution < -0.4 is 27.0 Å². The van der Waals surface area contributed by atoms with Crippen molar-refractivity contribution in [1.29, 1.82) is 0 Å². The van der Waals surface area contributed by atoms with Crippen molar-refractivity contribution < 1.29 is 43.0 Å². The van der Waals surface area contributed by atoms with Crippen molar-refractivity contribution in [1.82, 2.24) is 26.2 Å². The Balaban J connectivity index is 2.12. The van der Waals surface area contributed by atoms with Crippen LogP contribution in [0.5, 0.6) is 0 Å². The Morgan fingerprint density at radius 2 is 1.59 bits per heavy atom. The third kappa shape index (κ3) is 14.9. The molecule has 1 aromatic carbocycles. The van der Waals surface area contributed by atoms with Gasteiger partial charge in [-0.1, -0.05) is 75.1 Å². The van der Waals surface area contributed by atoms with Crippen LogP contribution in [0.2, 0.25) is 0 Å². The number of hydrogen-bond donors (Lipinski definition) is 5. The van der Waals surface area contributed by atoms with Crippen LogP contribution >= 0.6 is 0 Å². The Morgan fingerprint density at radius 3 is 2.22 bits per heavy atom. The van der Waals surface area contributed by atoms with Gasteiger partial charge in [0, 0.05) is 13.1 Å². The molecule has 1 aliphatic carbocycles. The van der Waals surface area contributed by atoms with Crippen LogP contribution in [0.25, 0.3) is 0 Å². The molecule has 1 aromatic rings. The average molecular weight is 811 g/mol. The van der Waals surface area contributed by atoms with Gasteiger partial charge in [0.1, 0.15) is 30.8 Å². The zero-order valence-corrected chi connectivity index (χ0v) is 34.8. The number of allylic oxidation sites excluding steroid dienone is 2. The SMILES string of the molecule is C=CCC[C@H]1OC[C@@H](C)NC(=O)[C@H]([C@H](C)OCc2ccccc2)NC(=O)[C@H](COC(N)=O)NC(=O)[C@H](C2CCCCC2)NC(=O)[C@H](CCC)N(C)C(=O)[C@@H]1CCC=C. The largest absolute Gasteiger partial charge is 0.447 e. The van der Waals surface area contributed by atoms with Crippen LogP contribution in [0.1, 0.15) is 97.0 Å². The Morgan fingerprint density at radius 1 is 0.914 bits per heavy atom. The van der Waals surface area contributed by atoms with E-state index in [4.69, 9.17) is 19.9 Å². The smallest absolute Gasteiger partial charge is 0.404 e. The molecular formula is C43H66N6O9. The predicted octanol–water partition coefficient (Wildman–Crippen LogP) is 3.80. The lowest BCUT2D eigenvalue weighted by molar-refractivity contribution is -0.148. The zero-order chi connectivity index (χ0) is 42.6. The van der Waals surface area contributed by atoms with Crippen LogP contribution in [-0.2, 0) is 44.8 Å². The second-order valence-electron chi connectivity index (χ2n) is 15.4. The molecule has 15 nitrogen and oxygen atoms in total. The fraction of sp³-hybridized carbons (Fsp3) is 0.628. The van der Waals surface area contributed by atoms with Crippen molar-refractivity contribution in [3.8, 4) is 0 Å². The Kier molecular flexibility index (Phi) is 20.4. The van der Waals surface area contributed by atoms with E-state index in [0.717, 1.165) is 24.8 Å². The Bertz CT molecular complexity index is 1520. The lowest BCUT2D eigenvalue weighted by Gasteiger charge is -2.36. The summed E-state index contributed by atoms with van der Waals surface area (Å²) >= 11 is 0. The number of nitrogens with zero attached hydrogens (tertiary/aromatic N) is 1. The van der Waals surface area contributed by atoms with Gasteiger partial charge in [0.2, 0.25) is 29.5 Å². The molecule has 6 amide bonds. The Labute approximate surface area is 343 Å². The minimum absolute atomic E-state index is 0.0160. The van der Waals surface area contributed by atoms with Gasteiger partial charge in [-0.3, -0.25) is 24.0 Å². The second-order valence-corrected chi connectivity index (χ2v) is 15.4. The first-order valence-corrected chi connectivity index (χ1v) is 20.7. The first-order chi connectivity index (χ1) is 27.8. The molecule has 6 N–H and O–H groups in total. The number of nitrogens with two attached hydrogens (primary N) is 1. The molecular weight excluding hydrogens is 745 g/mol. The van der Waals surface area contributed by atoms with E-state index >= 15 is 0 Å². The van der Waals surface area contributed by atoms with Gasteiger partial charge in [-0.25, -0.2) is 4.79 Å². The van der Waals surface area contributed by atoms with Gasteiger partial charge in [0.25, 0.3) is 0 Å². The average Bonchev–Trinajstić information content (AvgIpc) is 3.21. The Hall–Kier alpha value is -4.76. The molecule has 2 fully saturated rings. The molecule has 0 spiro atoms. The fourth-order valence-electron chi connectivity index (χ4n) is 7.55. The highest BCUT2D eigenvalue weighted by Gasteiger charge is 2.40. The highest BCUT2D eigenvalue weighted by Crippen LogP contribution is 2.28. The molecule has 0 unspecified atom stereocenters. The molecule has 1 aliphatic heterocycles. The topological polar surface area (TPSA) is 207 Å². The molecule has 0 aromatic heterocycles. The maximum Gasteiger partial charge on any atom is 0.404 e. The van der Waals surface area contributed by atoms with Gasteiger partial charge in [0.15, 0.2) is 0 Å². The van der Waals surface area contributed by atoms with E-state index in [0.29, 0.717) is 51.4 Å². The van der Waals surface area contributed by atoms with E-state index in [2.05, 4.69) is 34.4 Å². The molecule has 0 radical (unpaired) electrons. The summed E-state index contributed by atoms with van der Waals surface area (Å²) in [6.45, 7) is 12.5. The number of amides is 6. The predicted molar refractivity (Wildman–Crippen MR) is 220 cm³/mol. The van der Waals surface area contributed by atoms with Gasteiger partial charge in [-0.05, 0) is 70.3 Å². The maximum absolute atomic E-state index is 14.5. The van der Waals surface area contributed by atoms with E-state index in [1.165, 1.54) is 4.90 Å². The second kappa shape index (κ2) is 24.9. The summed E-state index contributed by atoms with van der Waals surface area (Å²) in [6, 6.07) is 3.91. The molecule has 58 heavy (non-hydrogen) atoms. The standard InChI is InChI=1S/C43H66N6O9/c1-7-10-23-32-35(24-11-8-2)57-25-28(4)45-40(52)36(29(5)56-26-30-19-14-12-15-20-30)47-38(50)33(27-58-43(44)55)46-41(53)37(31-21-16-13-17-22-31)48-39(51)34(18-9-3)49(6)42(32)54/h7-8,12,14-15,19-20,28-29,31-37H,1-2,9-11,13,16-18,21-27H2,3-6H3,(H2,44,55)(H,45,52)(H,46,53)(H,47,50)(H,48,51)/t28-,29+,32-,33+,34+,35-,36+,37+/m1/s1. The number of likely N-dealkylation sites (N-methyl/N-ethyl adjacent to an activating group) is 1.